The number of halogens is 1. The number of amides is 1. The largest absolute Gasteiger partial charge is 0.459 e. The van der Waals surface area contributed by atoms with Crippen molar-refractivity contribution in [3.8, 4) is 0 Å². The first-order chi connectivity index (χ1) is 13.2. The minimum Gasteiger partial charge on any atom is -0.459 e. The Morgan fingerprint density at radius 2 is 1.96 bits per heavy atom. The summed E-state index contributed by atoms with van der Waals surface area (Å²) < 4.78 is 18.1. The number of benzene rings is 1. The van der Waals surface area contributed by atoms with Crippen LogP contribution < -0.4 is 0 Å². The average molecular weight is 440 g/mol. The Bertz CT molecular complexity index is 642. The number of carbonyl (C=O) groups excluding carboxylic acids is 1. The molecule has 1 saturated heterocycles. The van der Waals surface area contributed by atoms with E-state index in [0.29, 0.717) is 51.5 Å². The minimum atomic E-state index is -0.470. The summed E-state index contributed by atoms with van der Waals surface area (Å²) in [7, 11) is 0. The average Bonchev–Trinajstić information content (AvgIpc) is 2.71. The van der Waals surface area contributed by atoms with Crippen molar-refractivity contribution in [1.82, 2.24) is 4.90 Å². The van der Waals surface area contributed by atoms with E-state index in [1.165, 1.54) is 0 Å². The molecule has 3 rings (SSSR count). The molecule has 0 aliphatic carbocycles. The van der Waals surface area contributed by atoms with E-state index in [0.717, 1.165) is 16.5 Å². The van der Waals surface area contributed by atoms with Gasteiger partial charge in [-0.2, -0.15) is 0 Å². The monoisotopic (exact) mass is 439 g/mol. The number of aliphatic hydroxyl groups is 1. The van der Waals surface area contributed by atoms with Gasteiger partial charge in [-0.15, -0.1) is 0 Å². The van der Waals surface area contributed by atoms with Crippen molar-refractivity contribution in [3.63, 3.8) is 0 Å². The Balaban J connectivity index is 1.73. The normalized spacial score (nSPS) is 22.9. The standard InChI is InChI=1S/C20H26BrNO5/c21-17-5-3-15(4-6-17)16-13-18(20(24)22-7-11-25-12-8-22)27-19(14-16)26-10-2-1-9-23/h3-6,13,16,19,23H,1-2,7-12,14H2/t16-,19+/m0/s1. The highest BCUT2D eigenvalue weighted by molar-refractivity contribution is 9.10. The minimum absolute atomic E-state index is 0.0506. The van der Waals surface area contributed by atoms with E-state index in [1.807, 2.05) is 18.2 Å². The first-order valence-corrected chi connectivity index (χ1v) is 10.2. The Morgan fingerprint density at radius 1 is 1.22 bits per heavy atom. The van der Waals surface area contributed by atoms with Crippen molar-refractivity contribution >= 4 is 21.8 Å². The molecule has 7 heteroatoms. The SMILES string of the molecule is O=C(C1=C[C@H](c2ccc(Br)cc2)C[C@H](OCCCCO)O1)N1CCOCC1. The van der Waals surface area contributed by atoms with Crippen molar-refractivity contribution in [2.24, 2.45) is 0 Å². The van der Waals surface area contributed by atoms with Crippen molar-refractivity contribution in [3.05, 3.63) is 46.1 Å². The fourth-order valence-electron chi connectivity index (χ4n) is 3.20. The summed E-state index contributed by atoms with van der Waals surface area (Å²) in [6.07, 6.45) is 3.55. The maximum absolute atomic E-state index is 12.9. The summed E-state index contributed by atoms with van der Waals surface area (Å²) >= 11 is 3.46. The van der Waals surface area contributed by atoms with E-state index >= 15 is 0 Å². The van der Waals surface area contributed by atoms with Gasteiger partial charge in [0.2, 0.25) is 6.29 Å². The van der Waals surface area contributed by atoms with E-state index in [2.05, 4.69) is 28.1 Å². The van der Waals surface area contributed by atoms with Gasteiger partial charge in [0, 0.05) is 36.5 Å². The summed E-state index contributed by atoms with van der Waals surface area (Å²) in [5.41, 5.74) is 1.12. The second kappa shape index (κ2) is 10.2. The molecule has 2 aliphatic heterocycles. The highest BCUT2D eigenvalue weighted by atomic mass is 79.9. The maximum Gasteiger partial charge on any atom is 0.288 e. The first kappa shape index (κ1) is 20.3. The summed E-state index contributed by atoms with van der Waals surface area (Å²) in [5.74, 6) is 0.293. The van der Waals surface area contributed by atoms with Crippen molar-refractivity contribution in [2.75, 3.05) is 39.5 Å². The van der Waals surface area contributed by atoms with Gasteiger partial charge in [0.25, 0.3) is 5.91 Å². The zero-order chi connectivity index (χ0) is 19.1. The molecule has 1 amide bonds. The molecule has 148 valence electrons. The Morgan fingerprint density at radius 3 is 2.67 bits per heavy atom. The zero-order valence-electron chi connectivity index (χ0n) is 15.3. The maximum atomic E-state index is 12.9. The number of hydrogen-bond acceptors (Lipinski definition) is 5. The smallest absolute Gasteiger partial charge is 0.288 e. The lowest BCUT2D eigenvalue weighted by molar-refractivity contribution is -0.155. The van der Waals surface area contributed by atoms with E-state index in [4.69, 9.17) is 19.3 Å². The third-order valence-electron chi connectivity index (χ3n) is 4.72. The van der Waals surface area contributed by atoms with E-state index in [1.54, 1.807) is 4.90 Å². The van der Waals surface area contributed by atoms with Gasteiger partial charge in [-0.25, -0.2) is 0 Å². The molecule has 6 nitrogen and oxygen atoms in total. The highest BCUT2D eigenvalue weighted by Gasteiger charge is 2.31. The van der Waals surface area contributed by atoms with Crippen molar-refractivity contribution in [1.29, 1.82) is 0 Å². The van der Waals surface area contributed by atoms with Gasteiger partial charge in [-0.1, -0.05) is 28.1 Å². The van der Waals surface area contributed by atoms with Crippen LogP contribution in [0, 0.1) is 0 Å². The van der Waals surface area contributed by atoms with Crippen LogP contribution in [0.4, 0.5) is 0 Å². The molecule has 0 spiro atoms. The Kier molecular flexibility index (Phi) is 7.70. The molecule has 1 fully saturated rings. The molecule has 27 heavy (non-hydrogen) atoms. The molecule has 2 heterocycles. The molecular formula is C20H26BrNO5. The number of unbranched alkanes of at least 4 members (excludes halogenated alkanes) is 1. The van der Waals surface area contributed by atoms with E-state index in [-0.39, 0.29) is 18.4 Å². The molecule has 2 atom stereocenters. The van der Waals surface area contributed by atoms with Crippen LogP contribution in [-0.4, -0.2) is 61.7 Å². The molecule has 2 aliphatic rings. The summed E-state index contributed by atoms with van der Waals surface area (Å²) in [5, 5.41) is 8.92. The second-order valence-corrected chi connectivity index (χ2v) is 7.59. The van der Waals surface area contributed by atoms with Crippen LogP contribution >= 0.6 is 15.9 Å². The van der Waals surface area contributed by atoms with Crippen LogP contribution in [-0.2, 0) is 19.0 Å². The van der Waals surface area contributed by atoms with Gasteiger partial charge in [-0.3, -0.25) is 4.79 Å². The second-order valence-electron chi connectivity index (χ2n) is 6.68. The lowest BCUT2D eigenvalue weighted by Gasteiger charge is -2.33. The number of allylic oxidation sites excluding steroid dienone is 1. The van der Waals surface area contributed by atoms with Crippen LogP contribution in [0.1, 0.15) is 30.7 Å². The first-order valence-electron chi connectivity index (χ1n) is 9.41. The van der Waals surface area contributed by atoms with Crippen LogP contribution in [0.2, 0.25) is 0 Å². The van der Waals surface area contributed by atoms with E-state index in [9.17, 15) is 4.79 Å². The fraction of sp³-hybridized carbons (Fsp3) is 0.550. The number of ether oxygens (including phenoxy) is 3. The molecule has 0 radical (unpaired) electrons. The number of hydrogen-bond donors (Lipinski definition) is 1. The van der Waals surface area contributed by atoms with Crippen LogP contribution in [0.5, 0.6) is 0 Å². The van der Waals surface area contributed by atoms with Gasteiger partial charge in [0.15, 0.2) is 5.76 Å². The number of nitrogens with zero attached hydrogens (tertiary/aromatic N) is 1. The highest BCUT2D eigenvalue weighted by Crippen LogP contribution is 2.32. The Hall–Kier alpha value is -1.41. The van der Waals surface area contributed by atoms with Gasteiger partial charge in [0.1, 0.15) is 0 Å². The molecule has 0 unspecified atom stereocenters. The van der Waals surface area contributed by atoms with Crippen molar-refractivity contribution in [2.45, 2.75) is 31.5 Å². The third-order valence-corrected chi connectivity index (χ3v) is 5.25. The Labute approximate surface area is 168 Å². The summed E-state index contributed by atoms with van der Waals surface area (Å²) in [6.45, 7) is 2.90. The van der Waals surface area contributed by atoms with Crippen LogP contribution in [0.3, 0.4) is 0 Å². The van der Waals surface area contributed by atoms with E-state index < -0.39 is 6.29 Å². The van der Waals surface area contributed by atoms with Gasteiger partial charge >= 0.3 is 0 Å². The molecule has 1 N–H and O–H groups in total. The third kappa shape index (κ3) is 5.78. The number of morpholine rings is 1. The van der Waals surface area contributed by atoms with Crippen LogP contribution in [0.25, 0.3) is 0 Å². The van der Waals surface area contributed by atoms with Crippen molar-refractivity contribution < 1.29 is 24.1 Å². The topological polar surface area (TPSA) is 68.2 Å². The lowest BCUT2D eigenvalue weighted by Crippen LogP contribution is -2.43. The molecular weight excluding hydrogens is 414 g/mol. The number of rotatable bonds is 7. The number of aliphatic hydroxyl groups excluding tert-OH is 1. The van der Waals surface area contributed by atoms with Gasteiger partial charge in [-0.05, 0) is 36.6 Å². The predicted molar refractivity (Wildman–Crippen MR) is 104 cm³/mol. The molecule has 0 saturated carbocycles. The quantitative estimate of drug-likeness (QED) is 0.661. The van der Waals surface area contributed by atoms with Gasteiger partial charge in [0.05, 0.1) is 19.8 Å². The molecule has 0 aromatic heterocycles. The van der Waals surface area contributed by atoms with Crippen LogP contribution in [0.15, 0.2) is 40.6 Å². The lowest BCUT2D eigenvalue weighted by atomic mass is 9.93. The fourth-order valence-corrected chi connectivity index (χ4v) is 3.47. The predicted octanol–water partition coefficient (Wildman–Crippen LogP) is 2.81. The zero-order valence-corrected chi connectivity index (χ0v) is 16.9. The summed E-state index contributed by atoms with van der Waals surface area (Å²) in [4.78, 5) is 14.7. The molecule has 1 aromatic rings. The molecule has 0 bridgehead atoms. The summed E-state index contributed by atoms with van der Waals surface area (Å²) in [6, 6.07) is 8.10. The van der Waals surface area contributed by atoms with Gasteiger partial charge < -0.3 is 24.2 Å². The number of carbonyl (C=O) groups is 1. The molecule has 1 aromatic carbocycles.